The minimum Gasteiger partial charge on any atom is -0.457 e. The van der Waals surface area contributed by atoms with Gasteiger partial charge in [-0.3, -0.25) is 9.67 Å². The first-order chi connectivity index (χ1) is 14.0. The summed E-state index contributed by atoms with van der Waals surface area (Å²) < 4.78 is 8.01. The smallest absolute Gasteiger partial charge is 0.191 e. The molecule has 1 aromatic heterocycles. The minimum atomic E-state index is 0. The van der Waals surface area contributed by atoms with Crippen molar-refractivity contribution in [1.29, 1.82) is 0 Å². The highest BCUT2D eigenvalue weighted by Gasteiger charge is 2.10. The molecule has 30 heavy (non-hydrogen) atoms. The number of benzene rings is 2. The fraction of sp³-hybridized carbons (Fsp3) is 0.304. The summed E-state index contributed by atoms with van der Waals surface area (Å²) in [7, 11) is 3.73. The van der Waals surface area contributed by atoms with Gasteiger partial charge >= 0.3 is 0 Å². The molecular weight excluding hydrogens is 489 g/mol. The fourth-order valence-corrected chi connectivity index (χ4v) is 3.20. The molecule has 6 nitrogen and oxygen atoms in total. The van der Waals surface area contributed by atoms with E-state index in [0.717, 1.165) is 34.4 Å². The normalized spacial score (nSPS) is 11.0. The Bertz CT molecular complexity index is 1010. The molecule has 0 aliphatic rings. The van der Waals surface area contributed by atoms with Gasteiger partial charge in [-0.05, 0) is 44.5 Å². The Morgan fingerprint density at radius 2 is 1.77 bits per heavy atom. The van der Waals surface area contributed by atoms with E-state index in [1.54, 1.807) is 7.05 Å². The van der Waals surface area contributed by atoms with Gasteiger partial charge in [-0.2, -0.15) is 5.10 Å². The number of nitrogens with one attached hydrogen (secondary N) is 2. The van der Waals surface area contributed by atoms with Gasteiger partial charge in [0.1, 0.15) is 11.5 Å². The second-order valence-electron chi connectivity index (χ2n) is 7.08. The lowest BCUT2D eigenvalue weighted by atomic mass is 10.2. The topological polar surface area (TPSA) is 63.5 Å². The van der Waals surface area contributed by atoms with E-state index in [1.807, 2.05) is 55.1 Å². The fourth-order valence-electron chi connectivity index (χ4n) is 3.20. The van der Waals surface area contributed by atoms with Gasteiger partial charge in [0.15, 0.2) is 5.96 Å². The predicted molar refractivity (Wildman–Crippen MR) is 133 cm³/mol. The summed E-state index contributed by atoms with van der Waals surface area (Å²) in [4.78, 5) is 4.34. The molecule has 7 heteroatoms. The first-order valence-corrected chi connectivity index (χ1v) is 9.74. The van der Waals surface area contributed by atoms with E-state index >= 15 is 0 Å². The molecule has 0 bridgehead atoms. The first-order valence-electron chi connectivity index (χ1n) is 9.74. The SMILES string of the molecule is CN=C(NCc1ccccc1Oc1cccc(C)c1)NCc1c(C)nn(C)c1C.I. The van der Waals surface area contributed by atoms with E-state index in [2.05, 4.69) is 46.7 Å². The second-order valence-corrected chi connectivity index (χ2v) is 7.08. The maximum absolute atomic E-state index is 6.11. The average Bonchev–Trinajstić information content (AvgIpc) is 2.95. The van der Waals surface area contributed by atoms with E-state index < -0.39 is 0 Å². The Balaban J connectivity index is 0.00000320. The van der Waals surface area contributed by atoms with Crippen molar-refractivity contribution in [2.24, 2.45) is 12.0 Å². The van der Waals surface area contributed by atoms with E-state index in [1.165, 1.54) is 11.1 Å². The number of aryl methyl sites for hydroxylation is 3. The molecule has 1 heterocycles. The van der Waals surface area contributed by atoms with Gasteiger partial charge < -0.3 is 15.4 Å². The monoisotopic (exact) mass is 519 g/mol. The number of rotatable bonds is 6. The number of nitrogens with zero attached hydrogens (tertiary/aromatic N) is 3. The Kier molecular flexibility index (Phi) is 8.71. The predicted octanol–water partition coefficient (Wildman–Crippen LogP) is 4.62. The van der Waals surface area contributed by atoms with Gasteiger partial charge in [0.2, 0.25) is 0 Å². The van der Waals surface area contributed by atoms with E-state index in [-0.39, 0.29) is 24.0 Å². The molecule has 0 aliphatic carbocycles. The third-order valence-corrected chi connectivity index (χ3v) is 4.95. The van der Waals surface area contributed by atoms with Crippen LogP contribution in [0.4, 0.5) is 0 Å². The number of halogens is 1. The van der Waals surface area contributed by atoms with Crippen LogP contribution in [0.2, 0.25) is 0 Å². The van der Waals surface area contributed by atoms with Crippen LogP contribution in [0, 0.1) is 20.8 Å². The third-order valence-electron chi connectivity index (χ3n) is 4.95. The maximum Gasteiger partial charge on any atom is 0.191 e. The number of aliphatic imine (C=N–C) groups is 1. The molecule has 0 unspecified atom stereocenters. The Morgan fingerprint density at radius 3 is 2.43 bits per heavy atom. The number of aromatic nitrogens is 2. The van der Waals surface area contributed by atoms with Crippen molar-refractivity contribution in [1.82, 2.24) is 20.4 Å². The summed E-state index contributed by atoms with van der Waals surface area (Å²) in [6.07, 6.45) is 0. The first kappa shape index (κ1) is 23.7. The van der Waals surface area contributed by atoms with Crippen LogP contribution < -0.4 is 15.4 Å². The Labute approximate surface area is 195 Å². The molecule has 0 spiro atoms. The lowest BCUT2D eigenvalue weighted by Crippen LogP contribution is -2.36. The molecule has 0 saturated carbocycles. The summed E-state index contributed by atoms with van der Waals surface area (Å²) in [5.41, 5.74) is 5.61. The lowest BCUT2D eigenvalue weighted by Gasteiger charge is -2.15. The molecule has 0 aliphatic heterocycles. The maximum atomic E-state index is 6.11. The van der Waals surface area contributed by atoms with Gasteiger partial charge in [-0.15, -0.1) is 24.0 Å². The minimum absolute atomic E-state index is 0. The molecule has 2 aromatic carbocycles. The van der Waals surface area contributed by atoms with Gasteiger partial charge in [0.25, 0.3) is 0 Å². The summed E-state index contributed by atoms with van der Waals surface area (Å²) in [5, 5.41) is 11.2. The molecule has 0 radical (unpaired) electrons. The van der Waals surface area contributed by atoms with Crippen molar-refractivity contribution in [2.45, 2.75) is 33.9 Å². The van der Waals surface area contributed by atoms with Crippen LogP contribution >= 0.6 is 24.0 Å². The summed E-state index contributed by atoms with van der Waals surface area (Å²) in [5.74, 6) is 2.40. The van der Waals surface area contributed by atoms with Crippen molar-refractivity contribution in [3.05, 3.63) is 76.6 Å². The van der Waals surface area contributed by atoms with Crippen LogP contribution in [0.3, 0.4) is 0 Å². The van der Waals surface area contributed by atoms with Crippen molar-refractivity contribution in [3.63, 3.8) is 0 Å². The molecule has 0 fully saturated rings. The Morgan fingerprint density at radius 1 is 1.03 bits per heavy atom. The lowest BCUT2D eigenvalue weighted by molar-refractivity contribution is 0.475. The van der Waals surface area contributed by atoms with E-state index in [9.17, 15) is 0 Å². The number of guanidine groups is 1. The molecule has 0 atom stereocenters. The second kappa shape index (κ2) is 11.0. The largest absolute Gasteiger partial charge is 0.457 e. The molecule has 3 rings (SSSR count). The Hall–Kier alpha value is -2.55. The number of para-hydroxylation sites is 1. The number of hydrogen-bond acceptors (Lipinski definition) is 3. The van der Waals surface area contributed by atoms with E-state index in [4.69, 9.17) is 4.74 Å². The van der Waals surface area contributed by atoms with Crippen LogP contribution in [-0.2, 0) is 20.1 Å². The van der Waals surface area contributed by atoms with Crippen LogP contribution in [0.1, 0.15) is 28.1 Å². The van der Waals surface area contributed by atoms with Crippen LogP contribution in [0.15, 0.2) is 53.5 Å². The standard InChI is InChI=1S/C23H29N5O.HI/c1-16-9-8-11-20(13-16)29-22-12-7-6-10-19(22)14-25-23(24-4)26-15-21-17(2)27-28(5)18(21)3;/h6-13H,14-15H2,1-5H3,(H2,24,25,26);1H. The summed E-state index contributed by atoms with van der Waals surface area (Å²) in [6.45, 7) is 7.44. The number of ether oxygens (including phenoxy) is 1. The molecule has 2 N–H and O–H groups in total. The van der Waals surface area contributed by atoms with Crippen LogP contribution in [0.5, 0.6) is 11.5 Å². The quantitative estimate of drug-likeness (QED) is 0.284. The van der Waals surface area contributed by atoms with Crippen LogP contribution in [0.25, 0.3) is 0 Å². The third kappa shape index (κ3) is 5.98. The van der Waals surface area contributed by atoms with Gasteiger partial charge in [-0.25, -0.2) is 0 Å². The molecule has 0 saturated heterocycles. The van der Waals surface area contributed by atoms with Crippen molar-refractivity contribution in [3.8, 4) is 11.5 Å². The zero-order valence-corrected chi connectivity index (χ0v) is 20.5. The zero-order chi connectivity index (χ0) is 20.8. The molecule has 160 valence electrons. The molecule has 3 aromatic rings. The highest BCUT2D eigenvalue weighted by Crippen LogP contribution is 2.25. The highest BCUT2D eigenvalue weighted by atomic mass is 127. The number of hydrogen-bond donors (Lipinski definition) is 2. The van der Waals surface area contributed by atoms with Crippen molar-refractivity contribution in [2.75, 3.05) is 7.05 Å². The molecule has 0 amide bonds. The van der Waals surface area contributed by atoms with Gasteiger partial charge in [-0.1, -0.05) is 30.3 Å². The van der Waals surface area contributed by atoms with Crippen LogP contribution in [-0.4, -0.2) is 22.8 Å². The van der Waals surface area contributed by atoms with Crippen molar-refractivity contribution >= 4 is 29.9 Å². The van der Waals surface area contributed by atoms with Crippen molar-refractivity contribution < 1.29 is 4.74 Å². The van der Waals surface area contributed by atoms with E-state index in [0.29, 0.717) is 13.1 Å². The zero-order valence-electron chi connectivity index (χ0n) is 18.2. The van der Waals surface area contributed by atoms with Gasteiger partial charge in [0, 0.05) is 44.0 Å². The average molecular weight is 519 g/mol. The highest BCUT2D eigenvalue weighted by molar-refractivity contribution is 14.0. The molecular formula is C23H30IN5O. The summed E-state index contributed by atoms with van der Waals surface area (Å²) >= 11 is 0. The van der Waals surface area contributed by atoms with Gasteiger partial charge in [0.05, 0.1) is 5.69 Å². The summed E-state index contributed by atoms with van der Waals surface area (Å²) in [6, 6.07) is 16.1.